The highest BCUT2D eigenvalue weighted by atomic mass is 16.5. The van der Waals surface area contributed by atoms with Crippen molar-refractivity contribution in [1.82, 2.24) is 0 Å². The summed E-state index contributed by atoms with van der Waals surface area (Å²) >= 11 is 0. The number of rotatable bonds is 6. The third-order valence-corrected chi connectivity index (χ3v) is 13.0. The lowest BCUT2D eigenvalue weighted by molar-refractivity contribution is -0.231. The van der Waals surface area contributed by atoms with E-state index in [0.717, 1.165) is 51.4 Å². The Labute approximate surface area is 231 Å². The topological polar surface area (TPSA) is 76.4 Å². The van der Waals surface area contributed by atoms with Crippen LogP contribution >= 0.6 is 0 Å². The van der Waals surface area contributed by atoms with Crippen molar-refractivity contribution in [3.63, 3.8) is 0 Å². The molecule has 5 unspecified atom stereocenters. The monoisotopic (exact) mass is 525 g/mol. The summed E-state index contributed by atoms with van der Waals surface area (Å²) in [6.45, 7) is 20.2. The maximum Gasteiger partial charge on any atom is 0.312 e. The number of hydrogen-bond donors (Lipinski definition) is 0. The molecular weight excluding hydrogens is 474 g/mol. The summed E-state index contributed by atoms with van der Waals surface area (Å²) in [5.74, 6) is 1.53. The highest BCUT2D eigenvalue weighted by Crippen LogP contribution is 2.76. The predicted octanol–water partition coefficient (Wildman–Crippen LogP) is 7.50. The Morgan fingerprint density at radius 2 is 1.68 bits per heavy atom. The molecule has 4 saturated carbocycles. The van der Waals surface area contributed by atoms with Gasteiger partial charge in [-0.15, -0.1) is 0 Å². The van der Waals surface area contributed by atoms with E-state index in [-0.39, 0.29) is 44.9 Å². The maximum atomic E-state index is 13.4. The first-order valence-corrected chi connectivity index (χ1v) is 14.9. The Kier molecular flexibility index (Phi) is 7.42. The Balaban J connectivity index is 1.76. The van der Waals surface area contributed by atoms with Crippen LogP contribution in [0, 0.1) is 68.0 Å². The van der Waals surface area contributed by atoms with E-state index in [9.17, 15) is 14.9 Å². The fourth-order valence-electron chi connectivity index (χ4n) is 11.2. The average molecular weight is 526 g/mol. The van der Waals surface area contributed by atoms with Crippen LogP contribution < -0.4 is 0 Å². The van der Waals surface area contributed by atoms with Gasteiger partial charge in [0.15, 0.2) is 0 Å². The zero-order valence-corrected chi connectivity index (χ0v) is 25.2. The van der Waals surface area contributed by atoms with Crippen LogP contribution in [0.1, 0.15) is 106 Å². The van der Waals surface area contributed by atoms with Crippen molar-refractivity contribution in [3.8, 4) is 6.07 Å². The van der Waals surface area contributed by atoms with E-state index in [1.54, 1.807) is 7.11 Å². The molecular formula is C33H51NO4. The number of nitriles is 1. The van der Waals surface area contributed by atoms with Crippen molar-refractivity contribution in [1.29, 1.82) is 5.26 Å². The standard InChI is InChI=1S/C33H51NO4/c1-21(2)23-12-15-33(28(36)37-9)17-16-31(7)24(27(23)33)10-11-26-30(6,18-19-34)25(13-14-32(26,31)8)29(4,5)20-38-22(3)35/h23-27H,1,10-18,20H2,2-9H3/t23-,24?,25?,26?,27?,30-,31+,32+,33?/m0/s1. The molecule has 0 amide bonds. The van der Waals surface area contributed by atoms with Crippen LogP contribution in [0.5, 0.6) is 0 Å². The van der Waals surface area contributed by atoms with Crippen molar-refractivity contribution in [2.24, 2.45) is 56.7 Å². The fraction of sp³-hybridized carbons (Fsp3) is 0.848. The molecule has 0 saturated heterocycles. The predicted molar refractivity (Wildman–Crippen MR) is 149 cm³/mol. The van der Waals surface area contributed by atoms with Crippen LogP contribution in [0.4, 0.5) is 0 Å². The Morgan fingerprint density at radius 3 is 2.26 bits per heavy atom. The van der Waals surface area contributed by atoms with Gasteiger partial charge in [-0.3, -0.25) is 9.59 Å². The third kappa shape index (κ3) is 3.98. The van der Waals surface area contributed by atoms with Crippen molar-refractivity contribution >= 4 is 11.9 Å². The smallest absolute Gasteiger partial charge is 0.312 e. The van der Waals surface area contributed by atoms with Crippen molar-refractivity contribution in [2.45, 2.75) is 106 Å². The summed E-state index contributed by atoms with van der Waals surface area (Å²) in [5.41, 5.74) is 0.602. The third-order valence-electron chi connectivity index (χ3n) is 13.0. The SMILES string of the molecule is C=C(C)[C@@H]1CCC2(C(=O)OC)CC[C@]3(C)C(CCC4[C@@](C)(CC#N)C(C(C)(C)COC(C)=O)CC[C@]43C)C12. The van der Waals surface area contributed by atoms with E-state index in [1.807, 2.05) is 0 Å². The van der Waals surface area contributed by atoms with E-state index < -0.39 is 0 Å². The van der Waals surface area contributed by atoms with E-state index in [1.165, 1.54) is 12.5 Å². The first kappa shape index (κ1) is 29.2. The first-order valence-electron chi connectivity index (χ1n) is 14.9. The number of carbonyl (C=O) groups excluding carboxylic acids is 2. The second-order valence-corrected chi connectivity index (χ2v) is 14.9. The van der Waals surface area contributed by atoms with Gasteiger partial charge < -0.3 is 9.47 Å². The van der Waals surface area contributed by atoms with Crippen LogP contribution in [0.2, 0.25) is 0 Å². The van der Waals surface area contributed by atoms with Crippen LogP contribution in [0.25, 0.3) is 0 Å². The van der Waals surface area contributed by atoms with Crippen LogP contribution in [-0.4, -0.2) is 25.7 Å². The van der Waals surface area contributed by atoms with Crippen LogP contribution in [0.3, 0.4) is 0 Å². The quantitative estimate of drug-likeness (QED) is 0.265. The van der Waals surface area contributed by atoms with Gasteiger partial charge >= 0.3 is 11.9 Å². The molecule has 212 valence electrons. The zero-order chi connectivity index (χ0) is 28.3. The lowest BCUT2D eigenvalue weighted by atomic mass is 9.33. The van der Waals surface area contributed by atoms with Gasteiger partial charge in [-0.1, -0.05) is 46.8 Å². The molecule has 38 heavy (non-hydrogen) atoms. The summed E-state index contributed by atoms with van der Waals surface area (Å²) in [7, 11) is 1.56. The Hall–Kier alpha value is -1.83. The normalized spacial score (nSPS) is 44.1. The molecule has 0 aliphatic heterocycles. The summed E-state index contributed by atoms with van der Waals surface area (Å²) in [4.78, 5) is 25.1. The molecule has 0 spiro atoms. The van der Waals surface area contributed by atoms with Gasteiger partial charge in [0.25, 0.3) is 0 Å². The summed E-state index contributed by atoms with van der Waals surface area (Å²) < 4.78 is 11.0. The molecule has 4 aliphatic rings. The molecule has 5 nitrogen and oxygen atoms in total. The number of carbonyl (C=O) groups is 2. The summed E-state index contributed by atoms with van der Waals surface area (Å²) in [5, 5.41) is 10.1. The number of esters is 2. The van der Waals surface area contributed by atoms with Crippen molar-refractivity contribution in [3.05, 3.63) is 12.2 Å². The van der Waals surface area contributed by atoms with Gasteiger partial charge in [0.05, 0.1) is 25.2 Å². The average Bonchev–Trinajstić information content (AvgIpc) is 3.24. The number of nitrogens with zero attached hydrogens (tertiary/aromatic N) is 1. The van der Waals surface area contributed by atoms with E-state index >= 15 is 0 Å². The fourth-order valence-corrected chi connectivity index (χ4v) is 11.2. The number of allylic oxidation sites excluding steroid dienone is 1. The van der Waals surface area contributed by atoms with Gasteiger partial charge in [0, 0.05) is 18.8 Å². The largest absolute Gasteiger partial charge is 0.469 e. The number of fused-ring (bicyclic) bond motifs is 5. The minimum Gasteiger partial charge on any atom is -0.469 e. The Bertz CT molecular complexity index is 1030. The highest BCUT2D eigenvalue weighted by molar-refractivity contribution is 5.78. The van der Waals surface area contributed by atoms with Gasteiger partial charge in [-0.05, 0) is 104 Å². The van der Waals surface area contributed by atoms with E-state index in [4.69, 9.17) is 9.47 Å². The minimum absolute atomic E-state index is 0.00850. The number of methoxy groups -OCH3 is 1. The molecule has 0 aromatic heterocycles. The lowest BCUT2D eigenvalue weighted by Crippen LogP contribution is -2.65. The number of hydrogen-bond acceptors (Lipinski definition) is 5. The molecule has 4 fully saturated rings. The molecule has 4 rings (SSSR count). The lowest BCUT2D eigenvalue weighted by Gasteiger charge is -2.71. The molecule has 4 aliphatic carbocycles. The first-order chi connectivity index (χ1) is 17.6. The van der Waals surface area contributed by atoms with Gasteiger partial charge in [-0.25, -0.2) is 0 Å². The second-order valence-electron chi connectivity index (χ2n) is 14.9. The van der Waals surface area contributed by atoms with Crippen LogP contribution in [0.15, 0.2) is 12.2 Å². The molecule has 0 bridgehead atoms. The Morgan fingerprint density at radius 1 is 1.00 bits per heavy atom. The highest BCUT2D eigenvalue weighted by Gasteiger charge is 2.71. The molecule has 5 heteroatoms. The molecule has 0 radical (unpaired) electrons. The van der Waals surface area contributed by atoms with E-state index in [2.05, 4.69) is 54.2 Å². The van der Waals surface area contributed by atoms with Gasteiger partial charge in [-0.2, -0.15) is 5.26 Å². The summed E-state index contributed by atoms with van der Waals surface area (Å²) in [6.07, 6.45) is 8.67. The zero-order valence-electron chi connectivity index (χ0n) is 25.2. The molecule has 0 aromatic rings. The van der Waals surface area contributed by atoms with E-state index in [0.29, 0.717) is 36.7 Å². The van der Waals surface area contributed by atoms with Crippen molar-refractivity contribution < 1.29 is 19.1 Å². The molecule has 9 atom stereocenters. The second kappa shape index (κ2) is 9.67. The number of ether oxygens (including phenoxy) is 2. The van der Waals surface area contributed by atoms with Crippen molar-refractivity contribution in [2.75, 3.05) is 13.7 Å². The van der Waals surface area contributed by atoms with Crippen LogP contribution in [-0.2, 0) is 19.1 Å². The van der Waals surface area contributed by atoms with Gasteiger partial charge in [0.2, 0.25) is 0 Å². The minimum atomic E-state index is -0.384. The molecule has 0 N–H and O–H groups in total. The molecule has 0 aromatic carbocycles. The maximum absolute atomic E-state index is 13.4. The summed E-state index contributed by atoms with van der Waals surface area (Å²) in [6, 6.07) is 2.59. The van der Waals surface area contributed by atoms with Gasteiger partial charge in [0.1, 0.15) is 0 Å². The molecule has 0 heterocycles.